The summed E-state index contributed by atoms with van der Waals surface area (Å²) >= 11 is 0. The third-order valence-corrected chi connectivity index (χ3v) is 2.24. The second kappa shape index (κ2) is 2.69. The van der Waals surface area contributed by atoms with E-state index in [1.165, 1.54) is 0 Å². The van der Waals surface area contributed by atoms with Gasteiger partial charge >= 0.3 is 0 Å². The standard InChI is InChI=1S/C10H11NO2/c1-6-7-3-4-11-8(7)5-9(12)10(6)13-2/h3-5,11-12H,1-2H3. The number of hydrogen-bond donors (Lipinski definition) is 2. The molecule has 0 unspecified atom stereocenters. The Labute approximate surface area is 76.0 Å². The van der Waals surface area contributed by atoms with Crippen molar-refractivity contribution < 1.29 is 9.84 Å². The maximum absolute atomic E-state index is 9.56. The second-order valence-electron chi connectivity index (χ2n) is 2.99. The quantitative estimate of drug-likeness (QED) is 0.701. The Morgan fingerprint density at radius 2 is 2.23 bits per heavy atom. The third-order valence-electron chi connectivity index (χ3n) is 2.24. The minimum Gasteiger partial charge on any atom is -0.504 e. The van der Waals surface area contributed by atoms with Crippen LogP contribution < -0.4 is 4.74 Å². The van der Waals surface area contributed by atoms with E-state index in [9.17, 15) is 5.11 Å². The fourth-order valence-electron chi connectivity index (χ4n) is 1.60. The number of phenols is 1. The van der Waals surface area contributed by atoms with Gasteiger partial charge in [-0.05, 0) is 13.0 Å². The Morgan fingerprint density at radius 1 is 1.46 bits per heavy atom. The molecule has 13 heavy (non-hydrogen) atoms. The molecule has 3 heteroatoms. The van der Waals surface area contributed by atoms with Crippen LogP contribution in [-0.2, 0) is 0 Å². The number of hydrogen-bond acceptors (Lipinski definition) is 2. The first-order chi connectivity index (χ1) is 6.24. The minimum absolute atomic E-state index is 0.176. The number of H-pyrrole nitrogens is 1. The van der Waals surface area contributed by atoms with Crippen molar-refractivity contribution >= 4 is 10.9 Å². The highest BCUT2D eigenvalue weighted by atomic mass is 16.5. The van der Waals surface area contributed by atoms with Gasteiger partial charge in [0.25, 0.3) is 0 Å². The molecule has 0 fully saturated rings. The van der Waals surface area contributed by atoms with E-state index in [0.717, 1.165) is 16.5 Å². The van der Waals surface area contributed by atoms with E-state index in [2.05, 4.69) is 4.98 Å². The largest absolute Gasteiger partial charge is 0.504 e. The lowest BCUT2D eigenvalue weighted by atomic mass is 10.1. The van der Waals surface area contributed by atoms with Gasteiger partial charge in [-0.3, -0.25) is 0 Å². The zero-order valence-corrected chi connectivity index (χ0v) is 7.59. The van der Waals surface area contributed by atoms with Crippen molar-refractivity contribution in [2.45, 2.75) is 6.92 Å². The lowest BCUT2D eigenvalue weighted by Crippen LogP contribution is -1.88. The highest BCUT2D eigenvalue weighted by Gasteiger charge is 2.09. The number of benzene rings is 1. The van der Waals surface area contributed by atoms with E-state index in [4.69, 9.17) is 4.74 Å². The number of rotatable bonds is 1. The van der Waals surface area contributed by atoms with E-state index in [1.807, 2.05) is 19.2 Å². The van der Waals surface area contributed by atoms with Crippen molar-refractivity contribution in [3.8, 4) is 11.5 Å². The molecule has 3 nitrogen and oxygen atoms in total. The van der Waals surface area contributed by atoms with Crippen LogP contribution in [0.25, 0.3) is 10.9 Å². The molecule has 1 aromatic heterocycles. The lowest BCUT2D eigenvalue weighted by Gasteiger charge is -2.07. The van der Waals surface area contributed by atoms with Gasteiger partial charge in [0.2, 0.25) is 0 Å². The molecular formula is C10H11NO2. The normalized spacial score (nSPS) is 10.6. The summed E-state index contributed by atoms with van der Waals surface area (Å²) in [5.74, 6) is 0.724. The molecule has 0 bridgehead atoms. The fraction of sp³-hybridized carbons (Fsp3) is 0.200. The van der Waals surface area contributed by atoms with Gasteiger partial charge < -0.3 is 14.8 Å². The van der Waals surface area contributed by atoms with Gasteiger partial charge in [-0.15, -0.1) is 0 Å². The molecule has 0 aliphatic heterocycles. The fourth-order valence-corrected chi connectivity index (χ4v) is 1.60. The van der Waals surface area contributed by atoms with Gasteiger partial charge in [-0.2, -0.15) is 0 Å². The molecule has 0 aliphatic carbocycles. The molecule has 0 spiro atoms. The highest BCUT2D eigenvalue weighted by Crippen LogP contribution is 2.35. The van der Waals surface area contributed by atoms with Crippen molar-refractivity contribution in [1.82, 2.24) is 4.98 Å². The molecule has 2 N–H and O–H groups in total. The predicted molar refractivity (Wildman–Crippen MR) is 51.3 cm³/mol. The summed E-state index contributed by atoms with van der Waals surface area (Å²) in [5, 5.41) is 10.6. The van der Waals surface area contributed by atoms with Crippen molar-refractivity contribution in [3.05, 3.63) is 23.9 Å². The van der Waals surface area contributed by atoms with Crippen LogP contribution in [0.2, 0.25) is 0 Å². The van der Waals surface area contributed by atoms with E-state index in [1.54, 1.807) is 13.2 Å². The Hall–Kier alpha value is -1.64. The van der Waals surface area contributed by atoms with Crippen LogP contribution in [0.15, 0.2) is 18.3 Å². The number of methoxy groups -OCH3 is 1. The van der Waals surface area contributed by atoms with Crippen LogP contribution in [0, 0.1) is 6.92 Å². The molecule has 0 aliphatic rings. The topological polar surface area (TPSA) is 45.2 Å². The van der Waals surface area contributed by atoms with E-state index >= 15 is 0 Å². The summed E-state index contributed by atoms with van der Waals surface area (Å²) in [7, 11) is 1.56. The predicted octanol–water partition coefficient (Wildman–Crippen LogP) is 2.19. The van der Waals surface area contributed by atoms with E-state index in [0.29, 0.717) is 5.75 Å². The van der Waals surface area contributed by atoms with Crippen LogP contribution in [-0.4, -0.2) is 17.2 Å². The molecular weight excluding hydrogens is 166 g/mol. The number of aromatic nitrogens is 1. The van der Waals surface area contributed by atoms with Crippen LogP contribution in [0.1, 0.15) is 5.56 Å². The first-order valence-corrected chi connectivity index (χ1v) is 4.07. The smallest absolute Gasteiger partial charge is 0.164 e. The molecule has 0 radical (unpaired) electrons. The summed E-state index contributed by atoms with van der Waals surface area (Å²) in [6, 6.07) is 3.63. The summed E-state index contributed by atoms with van der Waals surface area (Å²) in [4.78, 5) is 3.04. The third kappa shape index (κ3) is 1.04. The molecule has 0 saturated heterocycles. The van der Waals surface area contributed by atoms with E-state index < -0.39 is 0 Å². The van der Waals surface area contributed by atoms with Gasteiger partial charge in [0.15, 0.2) is 11.5 Å². The minimum atomic E-state index is 0.176. The molecule has 0 atom stereocenters. The number of aromatic hydroxyl groups is 1. The average Bonchev–Trinajstić information content (AvgIpc) is 2.53. The van der Waals surface area contributed by atoms with Gasteiger partial charge in [0.1, 0.15) is 0 Å². The van der Waals surface area contributed by atoms with Crippen molar-refractivity contribution in [2.75, 3.05) is 7.11 Å². The monoisotopic (exact) mass is 177 g/mol. The van der Waals surface area contributed by atoms with Crippen LogP contribution in [0.4, 0.5) is 0 Å². The molecule has 2 aromatic rings. The van der Waals surface area contributed by atoms with Gasteiger partial charge in [0.05, 0.1) is 7.11 Å². The SMILES string of the molecule is COc1c(O)cc2[nH]ccc2c1C. The Kier molecular flexibility index (Phi) is 1.65. The van der Waals surface area contributed by atoms with Crippen molar-refractivity contribution in [3.63, 3.8) is 0 Å². The van der Waals surface area contributed by atoms with Crippen LogP contribution >= 0.6 is 0 Å². The molecule has 68 valence electrons. The summed E-state index contributed by atoms with van der Waals surface area (Å²) in [6.07, 6.45) is 1.84. The van der Waals surface area contributed by atoms with Crippen LogP contribution in [0.3, 0.4) is 0 Å². The Morgan fingerprint density at radius 3 is 2.92 bits per heavy atom. The first-order valence-electron chi connectivity index (χ1n) is 4.07. The zero-order valence-electron chi connectivity index (χ0n) is 7.59. The molecule has 2 rings (SSSR count). The summed E-state index contributed by atoms with van der Waals surface area (Å²) in [6.45, 7) is 1.93. The summed E-state index contributed by atoms with van der Waals surface area (Å²) in [5.41, 5.74) is 1.88. The number of nitrogens with one attached hydrogen (secondary N) is 1. The maximum Gasteiger partial charge on any atom is 0.164 e. The Balaban J connectivity index is 2.85. The van der Waals surface area contributed by atoms with Gasteiger partial charge in [-0.25, -0.2) is 0 Å². The van der Waals surface area contributed by atoms with Crippen molar-refractivity contribution in [1.29, 1.82) is 0 Å². The lowest BCUT2D eigenvalue weighted by molar-refractivity contribution is 0.372. The van der Waals surface area contributed by atoms with E-state index in [-0.39, 0.29) is 5.75 Å². The molecule has 0 saturated carbocycles. The molecule has 0 amide bonds. The number of aromatic amines is 1. The van der Waals surface area contributed by atoms with Crippen LogP contribution in [0.5, 0.6) is 11.5 Å². The zero-order chi connectivity index (χ0) is 9.42. The number of phenolic OH excluding ortho intramolecular Hbond substituents is 1. The second-order valence-corrected chi connectivity index (χ2v) is 2.99. The maximum atomic E-state index is 9.56. The number of fused-ring (bicyclic) bond motifs is 1. The number of aryl methyl sites for hydroxylation is 1. The van der Waals surface area contributed by atoms with Gasteiger partial charge in [0, 0.05) is 28.7 Å². The summed E-state index contributed by atoms with van der Waals surface area (Å²) < 4.78 is 5.09. The molecule has 1 aromatic carbocycles. The van der Waals surface area contributed by atoms with Gasteiger partial charge in [-0.1, -0.05) is 0 Å². The average molecular weight is 177 g/mol. The first kappa shape index (κ1) is 7.98. The number of ether oxygens (including phenoxy) is 1. The van der Waals surface area contributed by atoms with Crippen molar-refractivity contribution in [2.24, 2.45) is 0 Å². The molecule has 1 heterocycles. The highest BCUT2D eigenvalue weighted by molar-refractivity contribution is 5.87. The Bertz CT molecular complexity index is 445.